The van der Waals surface area contributed by atoms with Crippen LogP contribution >= 0.6 is 0 Å². The Morgan fingerprint density at radius 1 is 1.24 bits per heavy atom. The fourth-order valence-corrected chi connectivity index (χ4v) is 2.41. The maximum Gasteiger partial charge on any atom is 0.354 e. The summed E-state index contributed by atoms with van der Waals surface area (Å²) in [5.74, 6) is -0.569. The molecule has 0 unspecified atom stereocenters. The number of benzene rings is 1. The summed E-state index contributed by atoms with van der Waals surface area (Å²) in [6.07, 6.45) is 1.12. The number of nitrogens with zero attached hydrogens (tertiary/aromatic N) is 2. The molecule has 2 rings (SSSR count). The zero-order chi connectivity index (χ0) is 18.4. The molecule has 1 aromatic carbocycles. The summed E-state index contributed by atoms with van der Waals surface area (Å²) in [7, 11) is 0. The molecule has 2 atom stereocenters. The Labute approximate surface area is 148 Å². The van der Waals surface area contributed by atoms with Gasteiger partial charge in [-0.2, -0.15) is 5.10 Å². The lowest BCUT2D eigenvalue weighted by Gasteiger charge is -2.21. The molecular formula is C19H26N2O4. The highest BCUT2D eigenvalue weighted by Crippen LogP contribution is 2.26. The van der Waals surface area contributed by atoms with Crippen molar-refractivity contribution in [2.45, 2.75) is 46.6 Å². The molecule has 25 heavy (non-hydrogen) atoms. The van der Waals surface area contributed by atoms with E-state index in [4.69, 9.17) is 9.47 Å². The van der Waals surface area contributed by atoms with Crippen LogP contribution in [0.5, 0.6) is 0 Å². The van der Waals surface area contributed by atoms with Gasteiger partial charge in [-0.05, 0) is 31.9 Å². The highest BCUT2D eigenvalue weighted by atomic mass is 16.5. The standard InChI is InChI=1S/C19H26N2O4/c1-5-13(3)12-25-18(22)16-11-17(19(23)24-6-2)21(20-16)15-9-7-14(4)8-10-15/h7-10,13,17H,5-6,11-12H2,1-4H3/t13-,17+/m0/s1. The van der Waals surface area contributed by atoms with E-state index in [0.717, 1.165) is 17.7 Å². The van der Waals surface area contributed by atoms with Crippen LogP contribution in [0.1, 0.15) is 39.2 Å². The Hall–Kier alpha value is -2.37. The van der Waals surface area contributed by atoms with E-state index in [1.807, 2.05) is 45.0 Å². The van der Waals surface area contributed by atoms with Gasteiger partial charge in [0.2, 0.25) is 0 Å². The topological polar surface area (TPSA) is 68.2 Å². The minimum absolute atomic E-state index is 0.187. The van der Waals surface area contributed by atoms with Crippen molar-refractivity contribution in [2.24, 2.45) is 11.0 Å². The van der Waals surface area contributed by atoms with Gasteiger partial charge in [-0.1, -0.05) is 38.0 Å². The number of carbonyl (C=O) groups is 2. The van der Waals surface area contributed by atoms with E-state index in [9.17, 15) is 9.59 Å². The van der Waals surface area contributed by atoms with Gasteiger partial charge in [-0.15, -0.1) is 0 Å². The molecule has 0 amide bonds. The molecule has 0 radical (unpaired) electrons. The highest BCUT2D eigenvalue weighted by Gasteiger charge is 2.37. The largest absolute Gasteiger partial charge is 0.464 e. The van der Waals surface area contributed by atoms with Gasteiger partial charge in [0.25, 0.3) is 0 Å². The first-order valence-electron chi connectivity index (χ1n) is 8.73. The molecule has 1 aliphatic rings. The molecule has 136 valence electrons. The average Bonchev–Trinajstić information content (AvgIpc) is 3.05. The van der Waals surface area contributed by atoms with Gasteiger partial charge in [-0.25, -0.2) is 9.59 Å². The second-order valence-corrected chi connectivity index (χ2v) is 6.31. The van der Waals surface area contributed by atoms with Gasteiger partial charge in [-0.3, -0.25) is 5.01 Å². The summed E-state index contributed by atoms with van der Waals surface area (Å²) < 4.78 is 10.5. The lowest BCUT2D eigenvalue weighted by Crippen LogP contribution is -2.36. The van der Waals surface area contributed by atoms with Crippen molar-refractivity contribution < 1.29 is 19.1 Å². The number of hydrogen-bond donors (Lipinski definition) is 0. The Morgan fingerprint density at radius 3 is 2.52 bits per heavy atom. The first kappa shape index (κ1) is 19.0. The molecule has 6 heteroatoms. The molecule has 1 aromatic rings. The number of aryl methyl sites for hydroxylation is 1. The van der Waals surface area contributed by atoms with Crippen LogP contribution in [0, 0.1) is 12.8 Å². The van der Waals surface area contributed by atoms with E-state index in [2.05, 4.69) is 5.10 Å². The van der Waals surface area contributed by atoms with E-state index in [-0.39, 0.29) is 18.7 Å². The van der Waals surface area contributed by atoms with Gasteiger partial charge in [0.15, 0.2) is 6.04 Å². The number of ether oxygens (including phenoxy) is 2. The molecule has 0 spiro atoms. The third-order valence-corrected chi connectivity index (χ3v) is 4.20. The zero-order valence-corrected chi connectivity index (χ0v) is 15.3. The number of rotatable bonds is 7. The van der Waals surface area contributed by atoms with E-state index >= 15 is 0 Å². The van der Waals surface area contributed by atoms with E-state index in [1.54, 1.807) is 11.9 Å². The van der Waals surface area contributed by atoms with Crippen molar-refractivity contribution in [3.05, 3.63) is 29.8 Å². The SMILES string of the molecule is CCOC(=O)[C@H]1CC(C(=O)OC[C@@H](C)CC)=NN1c1ccc(C)cc1. The van der Waals surface area contributed by atoms with Gasteiger partial charge in [0.1, 0.15) is 5.71 Å². The number of hydrogen-bond acceptors (Lipinski definition) is 6. The van der Waals surface area contributed by atoms with E-state index < -0.39 is 18.0 Å². The fourth-order valence-electron chi connectivity index (χ4n) is 2.41. The van der Waals surface area contributed by atoms with Crippen molar-refractivity contribution in [1.82, 2.24) is 0 Å². The molecule has 0 saturated heterocycles. The fraction of sp³-hybridized carbons (Fsp3) is 0.526. The third-order valence-electron chi connectivity index (χ3n) is 4.20. The van der Waals surface area contributed by atoms with Crippen LogP contribution in [-0.2, 0) is 19.1 Å². The van der Waals surface area contributed by atoms with Crippen molar-refractivity contribution in [3.8, 4) is 0 Å². The first-order chi connectivity index (χ1) is 12.0. The lowest BCUT2D eigenvalue weighted by atomic mass is 10.1. The molecule has 0 aliphatic carbocycles. The van der Waals surface area contributed by atoms with Crippen LogP contribution in [0.2, 0.25) is 0 Å². The van der Waals surface area contributed by atoms with Crippen molar-refractivity contribution in [3.63, 3.8) is 0 Å². The van der Waals surface area contributed by atoms with Gasteiger partial charge < -0.3 is 9.47 Å². The molecule has 0 N–H and O–H groups in total. The van der Waals surface area contributed by atoms with Crippen LogP contribution in [0.3, 0.4) is 0 Å². The van der Waals surface area contributed by atoms with Gasteiger partial charge in [0, 0.05) is 6.42 Å². The van der Waals surface area contributed by atoms with Gasteiger partial charge >= 0.3 is 11.9 Å². The third kappa shape index (κ3) is 4.81. The Balaban J connectivity index is 2.18. The van der Waals surface area contributed by atoms with Crippen LogP contribution in [0.25, 0.3) is 0 Å². The molecule has 1 heterocycles. The van der Waals surface area contributed by atoms with Crippen LogP contribution < -0.4 is 5.01 Å². The number of esters is 2. The van der Waals surface area contributed by atoms with Crippen LogP contribution in [-0.4, -0.2) is 36.9 Å². The van der Waals surface area contributed by atoms with Crippen LogP contribution in [0.15, 0.2) is 29.4 Å². The Morgan fingerprint density at radius 2 is 1.92 bits per heavy atom. The van der Waals surface area contributed by atoms with E-state index in [0.29, 0.717) is 12.5 Å². The maximum atomic E-state index is 12.3. The van der Waals surface area contributed by atoms with Crippen molar-refractivity contribution in [1.29, 1.82) is 0 Å². The summed E-state index contributed by atoms with van der Waals surface area (Å²) in [6.45, 7) is 8.43. The molecule has 0 fully saturated rings. The maximum absolute atomic E-state index is 12.3. The summed E-state index contributed by atoms with van der Waals surface area (Å²) in [4.78, 5) is 24.6. The summed E-state index contributed by atoms with van der Waals surface area (Å²) in [5, 5.41) is 5.90. The second-order valence-electron chi connectivity index (χ2n) is 6.31. The Bertz CT molecular complexity index is 639. The molecular weight excluding hydrogens is 320 g/mol. The monoisotopic (exact) mass is 346 g/mol. The number of hydrazone groups is 1. The van der Waals surface area contributed by atoms with Crippen LogP contribution in [0.4, 0.5) is 5.69 Å². The summed E-state index contributed by atoms with van der Waals surface area (Å²) >= 11 is 0. The lowest BCUT2D eigenvalue weighted by molar-refractivity contribution is -0.144. The first-order valence-corrected chi connectivity index (χ1v) is 8.73. The Kier molecular flexibility index (Phi) is 6.56. The average molecular weight is 346 g/mol. The number of carbonyl (C=O) groups excluding carboxylic acids is 2. The highest BCUT2D eigenvalue weighted by molar-refractivity contribution is 6.38. The molecule has 1 aliphatic heterocycles. The predicted molar refractivity (Wildman–Crippen MR) is 96.5 cm³/mol. The minimum Gasteiger partial charge on any atom is -0.464 e. The van der Waals surface area contributed by atoms with E-state index in [1.165, 1.54) is 0 Å². The molecule has 0 bridgehead atoms. The zero-order valence-electron chi connectivity index (χ0n) is 15.3. The molecule has 0 aromatic heterocycles. The number of anilines is 1. The second kappa shape index (κ2) is 8.65. The smallest absolute Gasteiger partial charge is 0.354 e. The normalized spacial score (nSPS) is 17.8. The minimum atomic E-state index is -0.645. The van der Waals surface area contributed by atoms with Crippen molar-refractivity contribution >= 4 is 23.3 Å². The molecule has 0 saturated carbocycles. The van der Waals surface area contributed by atoms with Crippen molar-refractivity contribution in [2.75, 3.05) is 18.2 Å². The summed E-state index contributed by atoms with van der Waals surface area (Å²) in [6, 6.07) is 6.98. The summed E-state index contributed by atoms with van der Waals surface area (Å²) in [5.41, 5.74) is 2.10. The molecule has 6 nitrogen and oxygen atoms in total. The van der Waals surface area contributed by atoms with Gasteiger partial charge in [0.05, 0.1) is 18.9 Å². The predicted octanol–water partition coefficient (Wildman–Crippen LogP) is 3.08. The quantitative estimate of drug-likeness (QED) is 0.710.